The molecule has 0 unspecified atom stereocenters. The molecule has 222 valence electrons. The molecule has 3 aliphatic heterocycles. The number of anilines is 2. The number of amides is 1. The number of nitrogens with one attached hydrogen (secondary N) is 1. The minimum atomic E-state index is -1.43. The first-order valence-electron chi connectivity index (χ1n) is 13.8. The van der Waals surface area contributed by atoms with E-state index in [0.717, 1.165) is 43.2 Å². The van der Waals surface area contributed by atoms with Crippen molar-refractivity contribution >= 4 is 60.8 Å². The van der Waals surface area contributed by atoms with Crippen LogP contribution in [0, 0.1) is 23.0 Å². The summed E-state index contributed by atoms with van der Waals surface area (Å²) in [4.78, 5) is 24.5. The number of thiophene rings is 1. The minimum Gasteiger partial charge on any atom is -0.465 e. The number of nitrogens with zero attached hydrogens (tertiary/aromatic N) is 5. The molecule has 2 atom stereocenters. The molecule has 2 aromatic heterocycles. The van der Waals surface area contributed by atoms with Crippen LogP contribution in [0.1, 0.15) is 31.2 Å². The van der Waals surface area contributed by atoms with Crippen molar-refractivity contribution in [2.24, 2.45) is 0 Å². The molecule has 2 aromatic carbocycles. The standard InChI is InChI=1S/C29H24ClF3N6O3S/c30-18-9-16-23(22(33)21(18)15-3-4-19(32)24-20(15)17(11-34)26(43-24)37-28(40)41)35-27(36-25(16)38-6-2-7-38)42-13-29-5-1-8-39(29)12-14(31)10-29/h3-4,9,14,37H,1-2,5-8,10,12-13H2,(H,40,41)/t14-,29+/m1/s1. The summed E-state index contributed by atoms with van der Waals surface area (Å²) in [5.74, 6) is -1.06. The maximum absolute atomic E-state index is 16.7. The highest BCUT2D eigenvalue weighted by Gasteiger charge is 2.49. The summed E-state index contributed by atoms with van der Waals surface area (Å²) in [6.07, 6.45) is 0.649. The number of benzene rings is 2. The van der Waals surface area contributed by atoms with E-state index in [1.54, 1.807) is 6.07 Å². The van der Waals surface area contributed by atoms with E-state index in [-0.39, 0.29) is 54.9 Å². The Morgan fingerprint density at radius 1 is 1.28 bits per heavy atom. The molecule has 3 fully saturated rings. The average Bonchev–Trinajstić information content (AvgIpc) is 3.58. The Kier molecular flexibility index (Phi) is 6.76. The fraction of sp³-hybridized carbons (Fsp3) is 0.379. The number of nitriles is 1. The van der Waals surface area contributed by atoms with Crippen LogP contribution >= 0.6 is 22.9 Å². The largest absolute Gasteiger partial charge is 0.465 e. The Balaban J connectivity index is 1.38. The molecule has 14 heteroatoms. The lowest BCUT2D eigenvalue weighted by atomic mass is 9.95. The minimum absolute atomic E-state index is 0.0137. The highest BCUT2D eigenvalue weighted by atomic mass is 35.5. The van der Waals surface area contributed by atoms with Gasteiger partial charge in [-0.2, -0.15) is 15.2 Å². The van der Waals surface area contributed by atoms with Gasteiger partial charge in [-0.25, -0.2) is 18.0 Å². The average molecular weight is 629 g/mol. The lowest BCUT2D eigenvalue weighted by Gasteiger charge is -2.33. The molecule has 0 aliphatic carbocycles. The first-order valence-corrected chi connectivity index (χ1v) is 15.0. The number of rotatable bonds is 6. The molecule has 0 radical (unpaired) electrons. The zero-order chi connectivity index (χ0) is 30.0. The van der Waals surface area contributed by atoms with Crippen molar-refractivity contribution in [1.82, 2.24) is 14.9 Å². The molecule has 0 bridgehead atoms. The van der Waals surface area contributed by atoms with Crippen molar-refractivity contribution in [1.29, 1.82) is 5.26 Å². The zero-order valence-electron chi connectivity index (χ0n) is 22.6. The van der Waals surface area contributed by atoms with Crippen LogP contribution in [0.5, 0.6) is 6.01 Å². The normalized spacial score (nSPS) is 21.7. The third-order valence-electron chi connectivity index (χ3n) is 8.62. The number of halogens is 4. The van der Waals surface area contributed by atoms with Gasteiger partial charge in [0.1, 0.15) is 41.0 Å². The molecule has 0 spiro atoms. The second-order valence-electron chi connectivity index (χ2n) is 11.1. The number of hydrogen-bond donors (Lipinski definition) is 2. The lowest BCUT2D eigenvalue weighted by Crippen LogP contribution is -2.43. The van der Waals surface area contributed by atoms with E-state index in [4.69, 9.17) is 16.3 Å². The van der Waals surface area contributed by atoms with Gasteiger partial charge in [-0.1, -0.05) is 17.7 Å². The third-order valence-corrected chi connectivity index (χ3v) is 10.0. The predicted molar refractivity (Wildman–Crippen MR) is 157 cm³/mol. The number of hydrogen-bond acceptors (Lipinski definition) is 8. The molecule has 43 heavy (non-hydrogen) atoms. The van der Waals surface area contributed by atoms with E-state index in [1.807, 2.05) is 11.0 Å². The van der Waals surface area contributed by atoms with E-state index < -0.39 is 29.4 Å². The van der Waals surface area contributed by atoms with Crippen molar-refractivity contribution in [3.8, 4) is 23.2 Å². The van der Waals surface area contributed by atoms with Gasteiger partial charge in [0.05, 0.1) is 20.8 Å². The molecule has 3 saturated heterocycles. The molecule has 1 amide bonds. The Bertz CT molecular complexity index is 1860. The quantitative estimate of drug-likeness (QED) is 0.246. The Morgan fingerprint density at radius 2 is 2.09 bits per heavy atom. The lowest BCUT2D eigenvalue weighted by molar-refractivity contribution is 0.107. The van der Waals surface area contributed by atoms with E-state index in [2.05, 4.69) is 20.2 Å². The Labute approximate surface area is 252 Å². The van der Waals surface area contributed by atoms with Crippen LogP contribution in [0.25, 0.3) is 32.1 Å². The molecule has 0 saturated carbocycles. The number of carboxylic acid groups (broad SMARTS) is 1. The van der Waals surface area contributed by atoms with Crippen molar-refractivity contribution < 1.29 is 27.8 Å². The number of aromatic nitrogens is 2. The summed E-state index contributed by atoms with van der Waals surface area (Å²) in [6, 6.07) is 5.84. The van der Waals surface area contributed by atoms with Gasteiger partial charge < -0.3 is 14.7 Å². The topological polar surface area (TPSA) is 115 Å². The third kappa shape index (κ3) is 4.51. The van der Waals surface area contributed by atoms with E-state index in [9.17, 15) is 23.9 Å². The van der Waals surface area contributed by atoms with Gasteiger partial charge in [0.2, 0.25) is 0 Å². The van der Waals surface area contributed by atoms with Gasteiger partial charge in [-0.3, -0.25) is 10.2 Å². The zero-order valence-corrected chi connectivity index (χ0v) is 24.2. The summed E-state index contributed by atoms with van der Waals surface area (Å²) >= 11 is 7.43. The number of fused-ring (bicyclic) bond motifs is 3. The summed E-state index contributed by atoms with van der Waals surface area (Å²) in [5, 5.41) is 21.5. The second-order valence-corrected chi connectivity index (χ2v) is 12.6. The first kappa shape index (κ1) is 27.9. The Hall–Kier alpha value is -3.86. The maximum atomic E-state index is 16.7. The highest BCUT2D eigenvalue weighted by Crippen LogP contribution is 2.47. The molecule has 2 N–H and O–H groups in total. The molecular formula is C29H24ClF3N6O3S. The van der Waals surface area contributed by atoms with Crippen LogP contribution < -0.4 is 15.0 Å². The van der Waals surface area contributed by atoms with E-state index in [1.165, 1.54) is 6.07 Å². The van der Waals surface area contributed by atoms with Crippen LogP contribution in [0.4, 0.5) is 28.8 Å². The monoisotopic (exact) mass is 628 g/mol. The molecule has 4 aromatic rings. The van der Waals surface area contributed by atoms with Crippen molar-refractivity contribution in [3.05, 3.63) is 40.4 Å². The highest BCUT2D eigenvalue weighted by molar-refractivity contribution is 7.23. The SMILES string of the molecule is N#Cc1c(NC(=O)O)sc2c(F)ccc(-c3c(Cl)cc4c(N5CCC5)nc(OC[C@@]56CCCN5C[C@H](F)C6)nc4c3F)c12. The van der Waals surface area contributed by atoms with Gasteiger partial charge in [-0.15, -0.1) is 11.3 Å². The van der Waals surface area contributed by atoms with Crippen LogP contribution in [0.2, 0.25) is 5.02 Å². The van der Waals surface area contributed by atoms with Crippen LogP contribution in [-0.2, 0) is 0 Å². The predicted octanol–water partition coefficient (Wildman–Crippen LogP) is 6.57. The van der Waals surface area contributed by atoms with Gasteiger partial charge in [0.25, 0.3) is 0 Å². The number of ether oxygens (including phenoxy) is 1. The molecular weight excluding hydrogens is 605 g/mol. The second kappa shape index (κ2) is 10.4. The fourth-order valence-electron chi connectivity index (χ4n) is 6.56. The summed E-state index contributed by atoms with van der Waals surface area (Å²) < 4.78 is 52.0. The van der Waals surface area contributed by atoms with Gasteiger partial charge >= 0.3 is 12.1 Å². The van der Waals surface area contributed by atoms with E-state index >= 15 is 4.39 Å². The van der Waals surface area contributed by atoms with E-state index in [0.29, 0.717) is 37.3 Å². The van der Waals surface area contributed by atoms with Crippen molar-refractivity contribution in [3.63, 3.8) is 0 Å². The van der Waals surface area contributed by atoms with Crippen LogP contribution in [0.15, 0.2) is 18.2 Å². The number of carbonyl (C=O) groups is 1. The smallest absolute Gasteiger partial charge is 0.409 e. The van der Waals surface area contributed by atoms with Crippen molar-refractivity contribution in [2.45, 2.75) is 37.4 Å². The Morgan fingerprint density at radius 3 is 2.81 bits per heavy atom. The van der Waals surface area contributed by atoms with Gasteiger partial charge in [0.15, 0.2) is 5.82 Å². The van der Waals surface area contributed by atoms with Crippen LogP contribution in [0.3, 0.4) is 0 Å². The number of alkyl halides is 1. The first-order chi connectivity index (χ1) is 20.7. The molecule has 5 heterocycles. The molecule has 9 nitrogen and oxygen atoms in total. The van der Waals surface area contributed by atoms with Crippen molar-refractivity contribution in [2.75, 3.05) is 43.0 Å². The molecule has 3 aliphatic rings. The van der Waals surface area contributed by atoms with Crippen LogP contribution in [-0.4, -0.2) is 70.6 Å². The van der Waals surface area contributed by atoms with Gasteiger partial charge in [0, 0.05) is 42.4 Å². The molecule has 7 rings (SSSR count). The van der Waals surface area contributed by atoms with Gasteiger partial charge in [-0.05, 0) is 43.5 Å². The summed E-state index contributed by atoms with van der Waals surface area (Å²) in [7, 11) is 0. The summed E-state index contributed by atoms with van der Waals surface area (Å²) in [6.45, 7) is 2.72. The maximum Gasteiger partial charge on any atom is 0.409 e. The fourth-order valence-corrected chi connectivity index (χ4v) is 7.93. The summed E-state index contributed by atoms with van der Waals surface area (Å²) in [5.41, 5.74) is -0.683.